The van der Waals surface area contributed by atoms with Gasteiger partial charge in [0.05, 0.1) is 19.8 Å². The first-order valence-electron chi connectivity index (χ1n) is 14.6. The summed E-state index contributed by atoms with van der Waals surface area (Å²) in [6.45, 7) is 1.90. The average molecular weight is 632 g/mol. The van der Waals surface area contributed by atoms with Crippen molar-refractivity contribution in [3.8, 4) is 45.2 Å². The number of nitrogens with zero attached hydrogens (tertiary/aromatic N) is 4. The number of methoxy groups -OCH3 is 2. The van der Waals surface area contributed by atoms with Crippen molar-refractivity contribution in [1.29, 1.82) is 0 Å². The zero-order valence-corrected chi connectivity index (χ0v) is 25.9. The number of nitrogens with two attached hydrogens (primary N) is 1. The lowest BCUT2D eigenvalue weighted by Crippen LogP contribution is -2.21. The Labute approximate surface area is 269 Å². The number of hydrogen-bond donors (Lipinski definition) is 1. The lowest BCUT2D eigenvalue weighted by Gasteiger charge is -2.12. The number of benzene rings is 3. The molecule has 0 fully saturated rings. The molecule has 3 heterocycles. The number of nitrogen functional groups attached to an aromatic ring is 1. The van der Waals surface area contributed by atoms with Crippen molar-refractivity contribution in [2.75, 3.05) is 20.0 Å². The van der Waals surface area contributed by atoms with Crippen LogP contribution in [0, 0.1) is 12.7 Å². The Morgan fingerprint density at radius 3 is 2.23 bits per heavy atom. The van der Waals surface area contributed by atoms with Gasteiger partial charge in [-0.25, -0.2) is 9.37 Å². The van der Waals surface area contributed by atoms with Gasteiger partial charge in [-0.2, -0.15) is 0 Å². The molecule has 0 amide bonds. The van der Waals surface area contributed by atoms with Crippen LogP contribution < -0.4 is 20.6 Å². The van der Waals surface area contributed by atoms with Crippen LogP contribution in [0.15, 0.2) is 101 Å². The predicted molar refractivity (Wildman–Crippen MR) is 175 cm³/mol. The van der Waals surface area contributed by atoms with Crippen molar-refractivity contribution in [2.45, 2.75) is 19.9 Å². The van der Waals surface area contributed by atoms with Crippen LogP contribution in [0.4, 0.5) is 10.2 Å². The maximum Gasteiger partial charge on any atom is 0.253 e. The van der Waals surface area contributed by atoms with Crippen molar-refractivity contribution < 1.29 is 23.1 Å². The lowest BCUT2D eigenvalue weighted by molar-refractivity contribution is 0.0991. The summed E-state index contributed by atoms with van der Waals surface area (Å²) < 4.78 is 31.5. The number of rotatable bonds is 10. The number of carbonyl (C=O) groups excluding carboxylic acids is 1. The third-order valence-corrected chi connectivity index (χ3v) is 7.68. The minimum atomic E-state index is -0.517. The standard InChI is InChI=1S/C36H30FN5O5/c1-21-40-41-36(47-21)30-20-42(18-23-6-11-27(37)12-7-23)19-29(34(30)44)31(43)14-22-4-8-24(9-5-22)28-15-26(17-39-35(28)38)25-10-13-32(45-2)33(16-25)46-3/h4-13,15-17,19-20H,14,18H2,1-3H3,(H2,38,39). The molecule has 0 aliphatic heterocycles. The van der Waals surface area contributed by atoms with Crippen molar-refractivity contribution in [3.05, 3.63) is 130 Å². The Balaban J connectivity index is 1.27. The Morgan fingerprint density at radius 1 is 0.851 bits per heavy atom. The summed E-state index contributed by atoms with van der Waals surface area (Å²) in [5.41, 5.74) is 10.6. The molecule has 3 aromatic carbocycles. The Morgan fingerprint density at radius 2 is 1.55 bits per heavy atom. The van der Waals surface area contributed by atoms with Gasteiger partial charge >= 0.3 is 0 Å². The van der Waals surface area contributed by atoms with E-state index in [0.717, 1.165) is 27.8 Å². The number of aryl methyl sites for hydroxylation is 1. The van der Waals surface area contributed by atoms with Crippen LogP contribution in [0.1, 0.15) is 27.4 Å². The summed E-state index contributed by atoms with van der Waals surface area (Å²) in [7, 11) is 3.16. The molecule has 0 spiro atoms. The molecule has 0 aliphatic rings. The number of ketones is 1. The first-order valence-corrected chi connectivity index (χ1v) is 14.6. The van der Waals surface area contributed by atoms with E-state index in [2.05, 4.69) is 15.2 Å². The van der Waals surface area contributed by atoms with E-state index in [-0.39, 0.29) is 47.5 Å². The zero-order valence-electron chi connectivity index (χ0n) is 25.9. The summed E-state index contributed by atoms with van der Waals surface area (Å²) in [6, 6.07) is 20.9. The van der Waals surface area contributed by atoms with Gasteiger partial charge in [0.25, 0.3) is 5.89 Å². The highest BCUT2D eigenvalue weighted by Gasteiger charge is 2.20. The molecule has 0 bridgehead atoms. The summed E-state index contributed by atoms with van der Waals surface area (Å²) in [4.78, 5) is 31.5. The van der Waals surface area contributed by atoms with Gasteiger partial charge in [-0.15, -0.1) is 10.2 Å². The van der Waals surface area contributed by atoms with Crippen molar-refractivity contribution in [3.63, 3.8) is 0 Å². The van der Waals surface area contributed by atoms with E-state index < -0.39 is 5.43 Å². The zero-order chi connectivity index (χ0) is 33.1. The highest BCUT2D eigenvalue weighted by Crippen LogP contribution is 2.35. The van der Waals surface area contributed by atoms with E-state index >= 15 is 0 Å². The van der Waals surface area contributed by atoms with Crippen molar-refractivity contribution >= 4 is 11.6 Å². The quantitative estimate of drug-likeness (QED) is 0.177. The molecular formula is C36H30FN5O5. The number of aromatic nitrogens is 4. The molecule has 2 N–H and O–H groups in total. The first-order chi connectivity index (χ1) is 22.7. The first kappa shape index (κ1) is 30.9. The Bertz CT molecular complexity index is 2140. The fourth-order valence-corrected chi connectivity index (χ4v) is 5.24. The lowest BCUT2D eigenvalue weighted by atomic mass is 9.97. The highest BCUT2D eigenvalue weighted by atomic mass is 19.1. The topological polar surface area (TPSA) is 135 Å². The van der Waals surface area contributed by atoms with Gasteiger partial charge in [0.2, 0.25) is 11.3 Å². The molecule has 47 heavy (non-hydrogen) atoms. The molecule has 3 aromatic heterocycles. The summed E-state index contributed by atoms with van der Waals surface area (Å²) >= 11 is 0. The third kappa shape index (κ3) is 6.64. The van der Waals surface area contributed by atoms with Crippen LogP contribution in [-0.2, 0) is 13.0 Å². The van der Waals surface area contributed by atoms with Crippen LogP contribution in [-0.4, -0.2) is 39.8 Å². The fourth-order valence-electron chi connectivity index (χ4n) is 5.24. The van der Waals surface area contributed by atoms with E-state index in [1.165, 1.54) is 18.3 Å². The second-order valence-electron chi connectivity index (χ2n) is 10.9. The Hall–Kier alpha value is -6.10. The second-order valence-corrected chi connectivity index (χ2v) is 10.9. The molecular weight excluding hydrogens is 601 g/mol. The number of carbonyl (C=O) groups is 1. The molecule has 0 atom stereocenters. The van der Waals surface area contributed by atoms with Gasteiger partial charge in [-0.1, -0.05) is 42.5 Å². The van der Waals surface area contributed by atoms with Gasteiger partial charge in [0.15, 0.2) is 17.3 Å². The van der Waals surface area contributed by atoms with Crippen LogP contribution in [0.2, 0.25) is 0 Å². The SMILES string of the molecule is COc1ccc(-c2cnc(N)c(-c3ccc(CC(=O)c4cn(Cc5ccc(F)cc5)cc(-c5nnc(C)o5)c4=O)cc3)c2)cc1OC. The molecule has 0 unspecified atom stereocenters. The predicted octanol–water partition coefficient (Wildman–Crippen LogP) is 6.15. The second kappa shape index (κ2) is 13.1. The van der Waals surface area contributed by atoms with Gasteiger partial charge in [-0.05, 0) is 52.6 Å². The number of ether oxygens (including phenoxy) is 2. The summed E-state index contributed by atoms with van der Waals surface area (Å²) in [5, 5.41) is 7.82. The molecule has 0 aliphatic carbocycles. The number of Topliss-reactive ketones (excluding diaryl/α,β-unsaturated/α-hetero) is 1. The van der Waals surface area contributed by atoms with Gasteiger partial charge in [-0.3, -0.25) is 9.59 Å². The van der Waals surface area contributed by atoms with Crippen LogP contribution in [0.25, 0.3) is 33.7 Å². The molecule has 0 radical (unpaired) electrons. The molecule has 10 nitrogen and oxygen atoms in total. The number of anilines is 1. The maximum absolute atomic E-state index is 13.6. The van der Waals surface area contributed by atoms with E-state index in [1.807, 2.05) is 48.5 Å². The smallest absolute Gasteiger partial charge is 0.253 e. The number of halogens is 1. The van der Waals surface area contributed by atoms with E-state index in [0.29, 0.717) is 22.9 Å². The molecule has 6 aromatic rings. The van der Waals surface area contributed by atoms with E-state index in [4.69, 9.17) is 19.6 Å². The van der Waals surface area contributed by atoms with Crippen LogP contribution in [0.3, 0.4) is 0 Å². The highest BCUT2D eigenvalue weighted by molar-refractivity contribution is 5.98. The van der Waals surface area contributed by atoms with E-state index in [9.17, 15) is 14.0 Å². The molecule has 0 saturated carbocycles. The molecule has 11 heteroatoms. The van der Waals surface area contributed by atoms with E-state index in [1.54, 1.807) is 50.2 Å². The average Bonchev–Trinajstić information content (AvgIpc) is 3.52. The molecule has 236 valence electrons. The summed E-state index contributed by atoms with van der Waals surface area (Å²) in [6.07, 6.45) is 4.72. The minimum absolute atomic E-state index is 0.0147. The van der Waals surface area contributed by atoms with Gasteiger partial charge in [0, 0.05) is 49.6 Å². The maximum atomic E-state index is 13.6. The minimum Gasteiger partial charge on any atom is -0.493 e. The Kier molecular flexibility index (Phi) is 8.61. The van der Waals surface area contributed by atoms with Crippen LogP contribution in [0.5, 0.6) is 11.5 Å². The monoisotopic (exact) mass is 631 g/mol. The van der Waals surface area contributed by atoms with Gasteiger partial charge in [0.1, 0.15) is 17.2 Å². The van der Waals surface area contributed by atoms with Crippen LogP contribution >= 0.6 is 0 Å². The molecule has 6 rings (SSSR count). The molecule has 0 saturated heterocycles. The number of hydrogen-bond acceptors (Lipinski definition) is 9. The van der Waals surface area contributed by atoms with Crippen molar-refractivity contribution in [2.24, 2.45) is 0 Å². The number of pyridine rings is 2. The fraction of sp³-hybridized carbons (Fsp3) is 0.139. The van der Waals surface area contributed by atoms with Crippen molar-refractivity contribution in [1.82, 2.24) is 19.7 Å². The normalized spacial score (nSPS) is 11.0. The third-order valence-electron chi connectivity index (χ3n) is 7.68. The van der Waals surface area contributed by atoms with Gasteiger partial charge < -0.3 is 24.2 Å². The summed E-state index contributed by atoms with van der Waals surface area (Å²) in [5.74, 6) is 1.12. The largest absolute Gasteiger partial charge is 0.493 e.